The van der Waals surface area contributed by atoms with Crippen LogP contribution >= 0.6 is 11.8 Å². The average Bonchev–Trinajstić information content (AvgIpc) is 2.24. The molecule has 0 heterocycles. The SMILES string of the molecule is CCC(C)C(NC(=O)NC(C)CSC)C(=O)O. The van der Waals surface area contributed by atoms with Crippen LogP contribution < -0.4 is 10.6 Å². The van der Waals surface area contributed by atoms with E-state index in [1.165, 1.54) is 0 Å². The normalized spacial score (nSPS) is 15.8. The van der Waals surface area contributed by atoms with Crippen LogP contribution in [-0.2, 0) is 4.79 Å². The van der Waals surface area contributed by atoms with E-state index in [1.807, 2.05) is 27.0 Å². The molecule has 0 saturated heterocycles. The fraction of sp³-hybridized carbons (Fsp3) is 0.818. The summed E-state index contributed by atoms with van der Waals surface area (Å²) in [6.45, 7) is 5.59. The minimum absolute atomic E-state index is 0.0244. The summed E-state index contributed by atoms with van der Waals surface area (Å²) in [6, 6.07) is -1.22. The minimum Gasteiger partial charge on any atom is -0.480 e. The molecule has 0 aliphatic heterocycles. The Morgan fingerprint density at radius 3 is 2.29 bits per heavy atom. The van der Waals surface area contributed by atoms with Gasteiger partial charge in [-0.3, -0.25) is 0 Å². The summed E-state index contributed by atoms with van der Waals surface area (Å²) >= 11 is 1.63. The van der Waals surface area contributed by atoms with Crippen LogP contribution in [0.3, 0.4) is 0 Å². The molecule has 0 spiro atoms. The number of carbonyl (C=O) groups excluding carboxylic acids is 1. The zero-order chi connectivity index (χ0) is 13.4. The van der Waals surface area contributed by atoms with Gasteiger partial charge in [0.15, 0.2) is 0 Å². The number of amides is 2. The number of hydrogen-bond acceptors (Lipinski definition) is 3. The molecule has 0 aromatic rings. The van der Waals surface area contributed by atoms with Gasteiger partial charge in [0.05, 0.1) is 0 Å². The molecule has 0 rings (SSSR count). The molecule has 0 aliphatic carbocycles. The van der Waals surface area contributed by atoms with E-state index in [-0.39, 0.29) is 12.0 Å². The largest absolute Gasteiger partial charge is 0.480 e. The van der Waals surface area contributed by atoms with E-state index in [0.29, 0.717) is 6.42 Å². The Morgan fingerprint density at radius 1 is 1.29 bits per heavy atom. The summed E-state index contributed by atoms with van der Waals surface area (Å²) in [6.07, 6.45) is 2.66. The van der Waals surface area contributed by atoms with Crippen LogP contribution in [-0.4, -0.2) is 41.2 Å². The summed E-state index contributed by atoms with van der Waals surface area (Å²) in [7, 11) is 0. The molecule has 3 atom stereocenters. The zero-order valence-electron chi connectivity index (χ0n) is 10.8. The molecule has 3 unspecified atom stereocenters. The van der Waals surface area contributed by atoms with Crippen molar-refractivity contribution in [2.24, 2.45) is 5.92 Å². The summed E-state index contributed by atoms with van der Waals surface area (Å²) < 4.78 is 0. The molecule has 5 nitrogen and oxygen atoms in total. The van der Waals surface area contributed by atoms with Crippen molar-refractivity contribution in [1.29, 1.82) is 0 Å². The highest BCUT2D eigenvalue weighted by Gasteiger charge is 2.25. The van der Waals surface area contributed by atoms with Gasteiger partial charge >= 0.3 is 12.0 Å². The van der Waals surface area contributed by atoms with Crippen LogP contribution in [0.4, 0.5) is 4.79 Å². The lowest BCUT2D eigenvalue weighted by molar-refractivity contribution is -0.140. The molecule has 0 aliphatic rings. The van der Waals surface area contributed by atoms with Gasteiger partial charge in [0.25, 0.3) is 0 Å². The van der Waals surface area contributed by atoms with Gasteiger partial charge in [0.2, 0.25) is 0 Å². The first-order chi connectivity index (χ1) is 7.92. The summed E-state index contributed by atoms with van der Waals surface area (Å²) in [4.78, 5) is 22.6. The highest BCUT2D eigenvalue weighted by atomic mass is 32.2. The highest BCUT2D eigenvalue weighted by Crippen LogP contribution is 2.07. The van der Waals surface area contributed by atoms with E-state index in [0.717, 1.165) is 5.75 Å². The number of carboxylic acid groups (broad SMARTS) is 1. The van der Waals surface area contributed by atoms with Crippen molar-refractivity contribution in [3.63, 3.8) is 0 Å². The zero-order valence-corrected chi connectivity index (χ0v) is 11.6. The van der Waals surface area contributed by atoms with Crippen molar-refractivity contribution < 1.29 is 14.7 Å². The van der Waals surface area contributed by atoms with Crippen LogP contribution in [0.1, 0.15) is 27.2 Å². The lowest BCUT2D eigenvalue weighted by Gasteiger charge is -2.21. The lowest BCUT2D eigenvalue weighted by atomic mass is 9.99. The Balaban J connectivity index is 4.27. The van der Waals surface area contributed by atoms with Crippen molar-refractivity contribution in [1.82, 2.24) is 10.6 Å². The fourth-order valence-corrected chi connectivity index (χ4v) is 1.96. The average molecular weight is 262 g/mol. The Kier molecular flexibility index (Phi) is 7.78. The second kappa shape index (κ2) is 8.22. The standard InChI is InChI=1S/C11H22N2O3S/c1-5-7(2)9(10(14)15)13-11(16)12-8(3)6-17-4/h7-9H,5-6H2,1-4H3,(H,14,15)(H2,12,13,16). The molecular weight excluding hydrogens is 240 g/mol. The first-order valence-electron chi connectivity index (χ1n) is 5.71. The maximum Gasteiger partial charge on any atom is 0.326 e. The number of nitrogens with one attached hydrogen (secondary N) is 2. The van der Waals surface area contributed by atoms with Crippen LogP contribution in [0.15, 0.2) is 0 Å². The third kappa shape index (κ3) is 6.41. The predicted molar refractivity (Wildman–Crippen MR) is 70.4 cm³/mol. The number of urea groups is 1. The van der Waals surface area contributed by atoms with E-state index in [9.17, 15) is 9.59 Å². The summed E-state index contributed by atoms with van der Waals surface area (Å²) in [5, 5.41) is 14.2. The van der Waals surface area contributed by atoms with Crippen LogP contribution in [0.2, 0.25) is 0 Å². The Morgan fingerprint density at radius 2 is 1.88 bits per heavy atom. The smallest absolute Gasteiger partial charge is 0.326 e. The van der Waals surface area contributed by atoms with Crippen molar-refractivity contribution in [3.8, 4) is 0 Å². The molecule has 6 heteroatoms. The van der Waals surface area contributed by atoms with Crippen LogP contribution in [0, 0.1) is 5.92 Å². The van der Waals surface area contributed by atoms with Crippen molar-refractivity contribution in [2.45, 2.75) is 39.3 Å². The van der Waals surface area contributed by atoms with Gasteiger partial charge in [-0.15, -0.1) is 0 Å². The van der Waals surface area contributed by atoms with Gasteiger partial charge in [0.1, 0.15) is 6.04 Å². The molecule has 3 N–H and O–H groups in total. The molecular formula is C11H22N2O3S. The van der Waals surface area contributed by atoms with Gasteiger partial charge < -0.3 is 15.7 Å². The van der Waals surface area contributed by atoms with E-state index in [4.69, 9.17) is 5.11 Å². The van der Waals surface area contributed by atoms with E-state index >= 15 is 0 Å². The number of hydrogen-bond donors (Lipinski definition) is 3. The van der Waals surface area contributed by atoms with Gasteiger partial charge in [-0.05, 0) is 19.1 Å². The molecule has 2 amide bonds. The Bertz CT molecular complexity index is 261. The Hall–Kier alpha value is -0.910. The van der Waals surface area contributed by atoms with Crippen LogP contribution in [0.5, 0.6) is 0 Å². The molecule has 0 aromatic heterocycles. The van der Waals surface area contributed by atoms with Gasteiger partial charge in [0, 0.05) is 11.8 Å². The van der Waals surface area contributed by atoms with E-state index in [1.54, 1.807) is 11.8 Å². The lowest BCUT2D eigenvalue weighted by Crippen LogP contribution is -2.51. The quantitative estimate of drug-likeness (QED) is 0.650. The number of thioether (sulfide) groups is 1. The molecule has 0 bridgehead atoms. The number of aliphatic carboxylic acids is 1. The summed E-state index contributed by atoms with van der Waals surface area (Å²) in [5.41, 5.74) is 0. The predicted octanol–water partition coefficient (Wildman–Crippen LogP) is 1.54. The van der Waals surface area contributed by atoms with Gasteiger partial charge in [-0.2, -0.15) is 11.8 Å². The molecule has 0 saturated carbocycles. The van der Waals surface area contributed by atoms with Crippen molar-refractivity contribution in [3.05, 3.63) is 0 Å². The highest BCUT2D eigenvalue weighted by molar-refractivity contribution is 7.98. The molecule has 100 valence electrons. The van der Waals surface area contributed by atoms with E-state index < -0.39 is 18.0 Å². The fourth-order valence-electron chi connectivity index (χ4n) is 1.38. The summed E-state index contributed by atoms with van der Waals surface area (Å²) in [5.74, 6) is -0.282. The first kappa shape index (κ1) is 16.1. The minimum atomic E-state index is -0.994. The maximum absolute atomic E-state index is 11.6. The molecule has 0 radical (unpaired) electrons. The van der Waals surface area contributed by atoms with E-state index in [2.05, 4.69) is 10.6 Å². The second-order valence-electron chi connectivity index (χ2n) is 4.18. The topological polar surface area (TPSA) is 78.4 Å². The third-order valence-corrected chi connectivity index (χ3v) is 3.39. The van der Waals surface area contributed by atoms with Crippen molar-refractivity contribution >= 4 is 23.8 Å². The van der Waals surface area contributed by atoms with Gasteiger partial charge in [-0.25, -0.2) is 9.59 Å². The maximum atomic E-state index is 11.6. The number of carbonyl (C=O) groups is 2. The second-order valence-corrected chi connectivity index (χ2v) is 5.09. The number of carboxylic acids is 1. The third-order valence-electron chi connectivity index (χ3n) is 2.56. The first-order valence-corrected chi connectivity index (χ1v) is 7.10. The number of rotatable bonds is 7. The molecule has 0 aromatic carbocycles. The monoisotopic (exact) mass is 262 g/mol. The molecule has 0 fully saturated rings. The van der Waals surface area contributed by atoms with Crippen LogP contribution in [0.25, 0.3) is 0 Å². The molecule has 17 heavy (non-hydrogen) atoms. The van der Waals surface area contributed by atoms with Crippen molar-refractivity contribution in [2.75, 3.05) is 12.0 Å². The van der Waals surface area contributed by atoms with Gasteiger partial charge in [-0.1, -0.05) is 20.3 Å². The Labute approximate surface area is 107 Å².